The van der Waals surface area contributed by atoms with Gasteiger partial charge in [-0.15, -0.1) is 0 Å². The SMILES string of the molecule is O=C(C1NCCc2cc(OCc3ccccc3)ccc21)N1CCC(N2CCCC2)CC1. The Bertz CT molecular complexity index is 887. The summed E-state index contributed by atoms with van der Waals surface area (Å²) in [5, 5.41) is 3.47. The summed E-state index contributed by atoms with van der Waals surface area (Å²) in [4.78, 5) is 18.1. The third-order valence-electron chi connectivity index (χ3n) is 7.10. The van der Waals surface area contributed by atoms with E-state index in [1.807, 2.05) is 24.3 Å². The fourth-order valence-electron chi connectivity index (χ4n) is 5.33. The van der Waals surface area contributed by atoms with Crippen LogP contribution in [-0.2, 0) is 17.8 Å². The number of hydrogen-bond acceptors (Lipinski definition) is 4. The Hall–Kier alpha value is -2.37. The third-order valence-corrected chi connectivity index (χ3v) is 7.10. The first-order valence-corrected chi connectivity index (χ1v) is 11.8. The van der Waals surface area contributed by atoms with Gasteiger partial charge in [0.25, 0.3) is 0 Å². The smallest absolute Gasteiger partial charge is 0.244 e. The van der Waals surface area contributed by atoms with Crippen molar-refractivity contribution in [2.75, 3.05) is 32.7 Å². The van der Waals surface area contributed by atoms with Crippen LogP contribution in [0.4, 0.5) is 0 Å². The summed E-state index contributed by atoms with van der Waals surface area (Å²) in [7, 11) is 0. The highest BCUT2D eigenvalue weighted by molar-refractivity contribution is 5.84. The fraction of sp³-hybridized carbons (Fsp3) is 0.500. The predicted octanol–water partition coefficient (Wildman–Crippen LogP) is 3.54. The van der Waals surface area contributed by atoms with Gasteiger partial charge in [-0.25, -0.2) is 0 Å². The maximum absolute atomic E-state index is 13.4. The van der Waals surface area contributed by atoms with Crippen LogP contribution in [0.1, 0.15) is 48.4 Å². The van der Waals surface area contributed by atoms with Gasteiger partial charge in [-0.2, -0.15) is 0 Å². The summed E-state index contributed by atoms with van der Waals surface area (Å²) in [6.45, 7) is 5.63. The molecule has 0 radical (unpaired) electrons. The Morgan fingerprint density at radius 3 is 2.55 bits per heavy atom. The molecule has 0 aliphatic carbocycles. The maximum Gasteiger partial charge on any atom is 0.244 e. The number of carbonyl (C=O) groups is 1. The van der Waals surface area contributed by atoms with E-state index in [-0.39, 0.29) is 11.9 Å². The van der Waals surface area contributed by atoms with E-state index in [1.165, 1.54) is 31.5 Å². The molecule has 164 valence electrons. The Labute approximate surface area is 185 Å². The molecule has 0 saturated carbocycles. The molecule has 1 unspecified atom stereocenters. The molecule has 0 spiro atoms. The summed E-state index contributed by atoms with van der Waals surface area (Å²) in [5.41, 5.74) is 3.51. The van der Waals surface area contributed by atoms with Gasteiger partial charge in [0.15, 0.2) is 0 Å². The molecule has 2 aromatic rings. The zero-order valence-electron chi connectivity index (χ0n) is 18.3. The van der Waals surface area contributed by atoms with Crippen LogP contribution in [0.2, 0.25) is 0 Å². The van der Waals surface area contributed by atoms with Crippen molar-refractivity contribution in [3.8, 4) is 5.75 Å². The lowest BCUT2D eigenvalue weighted by Gasteiger charge is -2.39. The zero-order chi connectivity index (χ0) is 21.0. The summed E-state index contributed by atoms with van der Waals surface area (Å²) < 4.78 is 6.01. The molecule has 1 amide bonds. The van der Waals surface area contributed by atoms with Crippen molar-refractivity contribution < 1.29 is 9.53 Å². The number of amides is 1. The third kappa shape index (κ3) is 4.63. The molecule has 5 rings (SSSR count). The number of nitrogens with zero attached hydrogens (tertiary/aromatic N) is 2. The van der Waals surface area contributed by atoms with Crippen molar-refractivity contribution in [2.24, 2.45) is 0 Å². The second-order valence-corrected chi connectivity index (χ2v) is 9.07. The number of nitrogens with one attached hydrogen (secondary N) is 1. The van der Waals surface area contributed by atoms with Crippen molar-refractivity contribution in [3.63, 3.8) is 0 Å². The number of rotatable bonds is 5. The predicted molar refractivity (Wildman–Crippen MR) is 122 cm³/mol. The standard InChI is InChI=1S/C26H33N3O2/c30-26(29-16-11-22(12-17-29)28-14-4-5-15-28)25-24-9-8-23(18-21(24)10-13-27-25)31-19-20-6-2-1-3-7-20/h1-3,6-9,18,22,25,27H,4-5,10-17,19H2. The summed E-state index contributed by atoms with van der Waals surface area (Å²) in [6, 6.07) is 16.9. The molecule has 2 fully saturated rings. The minimum atomic E-state index is -0.227. The first kappa shape index (κ1) is 20.5. The van der Waals surface area contributed by atoms with E-state index in [4.69, 9.17) is 4.74 Å². The lowest BCUT2D eigenvalue weighted by atomic mass is 9.92. The van der Waals surface area contributed by atoms with Crippen molar-refractivity contribution in [2.45, 2.75) is 50.8 Å². The van der Waals surface area contributed by atoms with E-state index in [9.17, 15) is 4.79 Å². The van der Waals surface area contributed by atoms with Gasteiger partial charge >= 0.3 is 0 Å². The minimum Gasteiger partial charge on any atom is -0.489 e. The van der Waals surface area contributed by atoms with Crippen LogP contribution in [0.5, 0.6) is 5.75 Å². The molecule has 2 aromatic carbocycles. The van der Waals surface area contributed by atoms with Crippen molar-refractivity contribution >= 4 is 5.91 Å². The van der Waals surface area contributed by atoms with E-state index in [2.05, 4.69) is 39.4 Å². The van der Waals surface area contributed by atoms with Gasteiger partial charge < -0.3 is 19.9 Å². The highest BCUT2D eigenvalue weighted by Crippen LogP contribution is 2.30. The zero-order valence-corrected chi connectivity index (χ0v) is 18.3. The first-order chi connectivity index (χ1) is 15.3. The molecular weight excluding hydrogens is 386 g/mol. The van der Waals surface area contributed by atoms with E-state index < -0.39 is 0 Å². The minimum absolute atomic E-state index is 0.227. The van der Waals surface area contributed by atoms with Gasteiger partial charge in [-0.1, -0.05) is 36.4 Å². The molecule has 5 nitrogen and oxygen atoms in total. The van der Waals surface area contributed by atoms with Crippen LogP contribution in [0.3, 0.4) is 0 Å². The number of ether oxygens (including phenoxy) is 1. The lowest BCUT2D eigenvalue weighted by molar-refractivity contribution is -0.135. The number of hydrogen-bond donors (Lipinski definition) is 1. The first-order valence-electron chi connectivity index (χ1n) is 11.8. The molecule has 0 bridgehead atoms. The Morgan fingerprint density at radius 1 is 1.00 bits per heavy atom. The average Bonchev–Trinajstić information content (AvgIpc) is 3.38. The summed E-state index contributed by atoms with van der Waals surface area (Å²) in [6.07, 6.45) is 5.81. The van der Waals surface area contributed by atoms with Gasteiger partial charge in [-0.05, 0) is 74.0 Å². The molecular formula is C26H33N3O2. The van der Waals surface area contributed by atoms with Gasteiger partial charge in [0.1, 0.15) is 18.4 Å². The van der Waals surface area contributed by atoms with Crippen LogP contribution in [0, 0.1) is 0 Å². The molecule has 3 aliphatic rings. The largest absolute Gasteiger partial charge is 0.489 e. The van der Waals surface area contributed by atoms with Gasteiger partial charge in [-0.3, -0.25) is 4.79 Å². The normalized spacial score (nSPS) is 22.3. The highest BCUT2D eigenvalue weighted by Gasteiger charge is 2.33. The fourth-order valence-corrected chi connectivity index (χ4v) is 5.33. The van der Waals surface area contributed by atoms with E-state index >= 15 is 0 Å². The van der Waals surface area contributed by atoms with Crippen LogP contribution in [-0.4, -0.2) is 54.5 Å². The molecule has 1 atom stereocenters. The second kappa shape index (κ2) is 9.41. The molecule has 5 heteroatoms. The lowest BCUT2D eigenvalue weighted by Crippen LogP contribution is -2.50. The second-order valence-electron chi connectivity index (χ2n) is 9.07. The molecule has 0 aromatic heterocycles. The molecule has 2 saturated heterocycles. The molecule has 31 heavy (non-hydrogen) atoms. The molecule has 3 aliphatic heterocycles. The number of likely N-dealkylation sites (tertiary alicyclic amines) is 2. The Balaban J connectivity index is 1.22. The van der Waals surface area contributed by atoms with Crippen LogP contribution < -0.4 is 10.1 Å². The number of benzene rings is 2. The van der Waals surface area contributed by atoms with Crippen LogP contribution in [0.15, 0.2) is 48.5 Å². The summed E-state index contributed by atoms with van der Waals surface area (Å²) in [5.74, 6) is 1.11. The van der Waals surface area contributed by atoms with Crippen LogP contribution in [0.25, 0.3) is 0 Å². The van der Waals surface area contributed by atoms with E-state index in [0.717, 1.165) is 55.8 Å². The number of piperidine rings is 1. The van der Waals surface area contributed by atoms with Crippen molar-refractivity contribution in [3.05, 3.63) is 65.2 Å². The highest BCUT2D eigenvalue weighted by atomic mass is 16.5. The van der Waals surface area contributed by atoms with E-state index in [0.29, 0.717) is 12.6 Å². The maximum atomic E-state index is 13.4. The molecule has 3 heterocycles. The van der Waals surface area contributed by atoms with E-state index in [1.54, 1.807) is 0 Å². The summed E-state index contributed by atoms with van der Waals surface area (Å²) >= 11 is 0. The number of fused-ring (bicyclic) bond motifs is 1. The average molecular weight is 420 g/mol. The Kier molecular flexibility index (Phi) is 6.23. The topological polar surface area (TPSA) is 44.8 Å². The molecule has 1 N–H and O–H groups in total. The van der Waals surface area contributed by atoms with Gasteiger partial charge in [0.05, 0.1) is 0 Å². The Morgan fingerprint density at radius 2 is 1.77 bits per heavy atom. The monoisotopic (exact) mass is 419 g/mol. The van der Waals surface area contributed by atoms with Gasteiger partial charge in [0, 0.05) is 25.7 Å². The van der Waals surface area contributed by atoms with Crippen LogP contribution >= 0.6 is 0 Å². The van der Waals surface area contributed by atoms with Gasteiger partial charge in [0.2, 0.25) is 5.91 Å². The quantitative estimate of drug-likeness (QED) is 0.805. The van der Waals surface area contributed by atoms with Crippen molar-refractivity contribution in [1.29, 1.82) is 0 Å². The van der Waals surface area contributed by atoms with Crippen molar-refractivity contribution in [1.82, 2.24) is 15.1 Å². The number of carbonyl (C=O) groups excluding carboxylic acids is 1.